The Hall–Kier alpha value is -1.78. The molecule has 0 aromatic heterocycles. The van der Waals surface area contributed by atoms with Crippen molar-refractivity contribution in [3.63, 3.8) is 0 Å². The molecule has 2 nitrogen and oxygen atoms in total. The average molecular weight is 303 g/mol. The van der Waals surface area contributed by atoms with Crippen LogP contribution in [0.15, 0.2) is 48.5 Å². The van der Waals surface area contributed by atoms with E-state index in [2.05, 4.69) is 12.1 Å². The van der Waals surface area contributed by atoms with E-state index in [1.54, 1.807) is 12.1 Å². The summed E-state index contributed by atoms with van der Waals surface area (Å²) in [6, 6.07) is 14.8. The van der Waals surface area contributed by atoms with Gasteiger partial charge in [-0.25, -0.2) is 4.39 Å². The zero-order chi connectivity index (χ0) is 15.1. The molecule has 0 amide bonds. The first kappa shape index (κ1) is 15.6. The molecule has 2 aromatic carbocycles. The molecular formula is C17H18FNOS. The molecular weight excluding hydrogens is 285 g/mol. The van der Waals surface area contributed by atoms with Crippen LogP contribution in [0.4, 0.5) is 4.39 Å². The minimum absolute atomic E-state index is 0.233. The lowest BCUT2D eigenvalue weighted by Crippen LogP contribution is -2.10. The van der Waals surface area contributed by atoms with Gasteiger partial charge in [0.05, 0.1) is 6.61 Å². The van der Waals surface area contributed by atoms with E-state index >= 15 is 0 Å². The van der Waals surface area contributed by atoms with Gasteiger partial charge in [0.2, 0.25) is 0 Å². The van der Waals surface area contributed by atoms with Crippen LogP contribution < -0.4 is 5.73 Å². The monoisotopic (exact) mass is 303 g/mol. The van der Waals surface area contributed by atoms with Gasteiger partial charge in [0.25, 0.3) is 0 Å². The molecule has 0 aliphatic carbocycles. The van der Waals surface area contributed by atoms with Crippen LogP contribution in [0.1, 0.15) is 23.1 Å². The van der Waals surface area contributed by atoms with E-state index < -0.39 is 0 Å². The number of benzene rings is 2. The number of ether oxygens (including phenoxy) is 1. The summed E-state index contributed by atoms with van der Waals surface area (Å²) in [6.45, 7) is 0.822. The Morgan fingerprint density at radius 2 is 1.90 bits per heavy atom. The second-order valence-corrected chi connectivity index (χ2v) is 5.25. The van der Waals surface area contributed by atoms with Gasteiger partial charge in [0.15, 0.2) is 0 Å². The lowest BCUT2D eigenvalue weighted by Gasteiger charge is -2.07. The Morgan fingerprint density at radius 1 is 1.14 bits per heavy atom. The van der Waals surface area contributed by atoms with Crippen molar-refractivity contribution in [3.05, 3.63) is 71.0 Å². The predicted molar refractivity (Wildman–Crippen MR) is 86.7 cm³/mol. The zero-order valence-electron chi connectivity index (χ0n) is 11.7. The number of halogens is 1. The molecule has 2 rings (SSSR count). The summed E-state index contributed by atoms with van der Waals surface area (Å²) in [5, 5.41) is 0. The van der Waals surface area contributed by atoms with Crippen LogP contribution in [0.25, 0.3) is 0 Å². The molecule has 0 radical (unpaired) electrons. The summed E-state index contributed by atoms with van der Waals surface area (Å²) in [7, 11) is 0. The Bertz CT molecular complexity index is 601. The molecule has 0 heterocycles. The molecule has 0 atom stereocenters. The maximum absolute atomic E-state index is 13.6. The summed E-state index contributed by atoms with van der Waals surface area (Å²) in [5.41, 5.74) is 7.97. The van der Waals surface area contributed by atoms with E-state index in [4.69, 9.17) is 22.7 Å². The first-order valence-corrected chi connectivity index (χ1v) is 7.27. The smallest absolute Gasteiger partial charge is 0.128 e. The van der Waals surface area contributed by atoms with Crippen molar-refractivity contribution in [1.82, 2.24) is 0 Å². The zero-order valence-corrected chi connectivity index (χ0v) is 12.5. The minimum Gasteiger partial charge on any atom is -0.389 e. The highest BCUT2D eigenvalue weighted by Crippen LogP contribution is 2.12. The highest BCUT2D eigenvalue weighted by atomic mass is 32.1. The molecule has 0 bridgehead atoms. The quantitative estimate of drug-likeness (QED) is 0.627. The molecule has 0 aliphatic heterocycles. The van der Waals surface area contributed by atoms with Gasteiger partial charge in [-0.05, 0) is 36.6 Å². The number of nitrogens with two attached hydrogens (primary N) is 1. The lowest BCUT2D eigenvalue weighted by molar-refractivity contribution is 0.116. The van der Waals surface area contributed by atoms with Crippen molar-refractivity contribution in [2.75, 3.05) is 6.61 Å². The van der Waals surface area contributed by atoms with Gasteiger partial charge in [0.1, 0.15) is 10.8 Å². The van der Waals surface area contributed by atoms with Gasteiger partial charge in [-0.1, -0.05) is 42.5 Å². The van der Waals surface area contributed by atoms with Crippen LogP contribution in [-0.4, -0.2) is 11.6 Å². The standard InChI is InChI=1S/C17H18FNOS/c18-16-9-8-14(17(19)21)11-15(16)12-20-10-4-7-13-5-2-1-3-6-13/h1-3,5-6,8-9,11H,4,7,10,12H2,(H2,19,21). The van der Waals surface area contributed by atoms with Gasteiger partial charge in [0, 0.05) is 17.7 Å². The SMILES string of the molecule is NC(=S)c1ccc(F)c(COCCCc2ccccc2)c1. The molecule has 21 heavy (non-hydrogen) atoms. The summed E-state index contributed by atoms with van der Waals surface area (Å²) in [5.74, 6) is -0.293. The molecule has 0 saturated carbocycles. The lowest BCUT2D eigenvalue weighted by atomic mass is 10.1. The van der Waals surface area contributed by atoms with Gasteiger partial charge in [-0.15, -0.1) is 0 Å². The van der Waals surface area contributed by atoms with E-state index in [0.29, 0.717) is 17.7 Å². The molecule has 2 aromatic rings. The second-order valence-electron chi connectivity index (χ2n) is 4.81. The number of hydrogen-bond donors (Lipinski definition) is 1. The highest BCUT2D eigenvalue weighted by Gasteiger charge is 2.05. The summed E-state index contributed by atoms with van der Waals surface area (Å²) >= 11 is 4.89. The highest BCUT2D eigenvalue weighted by molar-refractivity contribution is 7.80. The van der Waals surface area contributed by atoms with Gasteiger partial charge in [-0.3, -0.25) is 0 Å². The summed E-state index contributed by atoms with van der Waals surface area (Å²) < 4.78 is 19.2. The molecule has 0 spiro atoms. The Balaban J connectivity index is 1.78. The van der Waals surface area contributed by atoms with Crippen LogP contribution in [0, 0.1) is 5.82 Å². The van der Waals surface area contributed by atoms with Gasteiger partial charge in [-0.2, -0.15) is 0 Å². The summed E-state index contributed by atoms with van der Waals surface area (Å²) in [6.07, 6.45) is 1.86. The molecule has 2 N–H and O–H groups in total. The Morgan fingerprint density at radius 3 is 2.62 bits per heavy atom. The van der Waals surface area contributed by atoms with Crippen molar-refractivity contribution in [2.45, 2.75) is 19.4 Å². The van der Waals surface area contributed by atoms with Crippen molar-refractivity contribution in [1.29, 1.82) is 0 Å². The fourth-order valence-electron chi connectivity index (χ4n) is 2.04. The third-order valence-corrected chi connectivity index (χ3v) is 3.42. The van der Waals surface area contributed by atoms with Crippen molar-refractivity contribution < 1.29 is 9.13 Å². The fraction of sp³-hybridized carbons (Fsp3) is 0.235. The molecule has 0 aliphatic rings. The normalized spacial score (nSPS) is 10.5. The topological polar surface area (TPSA) is 35.2 Å². The fourth-order valence-corrected chi connectivity index (χ4v) is 2.17. The Labute approximate surface area is 129 Å². The van der Waals surface area contributed by atoms with E-state index in [0.717, 1.165) is 12.8 Å². The third kappa shape index (κ3) is 4.92. The Kier molecular flexibility index (Phi) is 5.84. The van der Waals surface area contributed by atoms with Crippen molar-refractivity contribution in [3.8, 4) is 0 Å². The van der Waals surface area contributed by atoms with E-state index in [1.807, 2.05) is 18.2 Å². The van der Waals surface area contributed by atoms with E-state index in [9.17, 15) is 4.39 Å². The first-order chi connectivity index (χ1) is 10.2. The molecule has 4 heteroatoms. The number of thiocarbonyl (C=S) groups is 1. The number of aryl methyl sites for hydroxylation is 1. The molecule has 110 valence electrons. The predicted octanol–water partition coefficient (Wildman–Crippen LogP) is 3.61. The van der Waals surface area contributed by atoms with Crippen LogP contribution in [0.3, 0.4) is 0 Å². The van der Waals surface area contributed by atoms with E-state index in [1.165, 1.54) is 11.6 Å². The number of hydrogen-bond acceptors (Lipinski definition) is 2. The third-order valence-electron chi connectivity index (χ3n) is 3.18. The minimum atomic E-state index is -0.293. The van der Waals surface area contributed by atoms with E-state index in [-0.39, 0.29) is 17.4 Å². The van der Waals surface area contributed by atoms with Crippen molar-refractivity contribution >= 4 is 17.2 Å². The maximum atomic E-state index is 13.6. The largest absolute Gasteiger partial charge is 0.389 e. The number of rotatable bonds is 7. The summed E-state index contributed by atoms with van der Waals surface area (Å²) in [4.78, 5) is 0.264. The van der Waals surface area contributed by atoms with Crippen LogP contribution in [-0.2, 0) is 17.8 Å². The van der Waals surface area contributed by atoms with Crippen LogP contribution in [0.2, 0.25) is 0 Å². The second kappa shape index (κ2) is 7.86. The molecule has 0 fully saturated rings. The maximum Gasteiger partial charge on any atom is 0.128 e. The first-order valence-electron chi connectivity index (χ1n) is 6.86. The van der Waals surface area contributed by atoms with Crippen molar-refractivity contribution in [2.24, 2.45) is 5.73 Å². The van der Waals surface area contributed by atoms with Crippen LogP contribution >= 0.6 is 12.2 Å². The van der Waals surface area contributed by atoms with Crippen LogP contribution in [0.5, 0.6) is 0 Å². The molecule has 0 saturated heterocycles. The molecule has 0 unspecified atom stereocenters. The van der Waals surface area contributed by atoms with Gasteiger partial charge < -0.3 is 10.5 Å². The van der Waals surface area contributed by atoms with Gasteiger partial charge >= 0.3 is 0 Å². The average Bonchev–Trinajstić information content (AvgIpc) is 2.49.